The van der Waals surface area contributed by atoms with Crippen molar-refractivity contribution in [3.8, 4) is 0 Å². The molecule has 0 saturated carbocycles. The van der Waals surface area contributed by atoms with Crippen LogP contribution in [0.1, 0.15) is 0 Å². The summed E-state index contributed by atoms with van der Waals surface area (Å²) in [7, 11) is 0. The van der Waals surface area contributed by atoms with E-state index >= 15 is 0 Å². The molecular weight excluding hydrogens is 365 g/mol. The van der Waals surface area contributed by atoms with Crippen molar-refractivity contribution in [1.29, 1.82) is 0 Å². The zero-order chi connectivity index (χ0) is 18.5. The highest BCUT2D eigenvalue weighted by atomic mass is 32.2. The molecule has 2 amide bonds. The van der Waals surface area contributed by atoms with E-state index in [1.807, 2.05) is 4.90 Å². The predicted molar refractivity (Wildman–Crippen MR) is 92.6 cm³/mol. The fraction of sp³-hybridized carbons (Fsp3) is 0.500. The van der Waals surface area contributed by atoms with E-state index in [0.29, 0.717) is 36.0 Å². The van der Waals surface area contributed by atoms with Crippen molar-refractivity contribution in [2.24, 2.45) is 5.41 Å². The SMILES string of the molecule is O=C(O)NCC1CN(c2ccc(N3CC4(C3)C[S+]([O-])C4)c(F)c2)C(=O)O1. The van der Waals surface area contributed by atoms with Crippen molar-refractivity contribution in [1.82, 2.24) is 5.32 Å². The van der Waals surface area contributed by atoms with Crippen LogP contribution in [0, 0.1) is 11.2 Å². The first kappa shape index (κ1) is 17.2. The quantitative estimate of drug-likeness (QED) is 0.751. The maximum absolute atomic E-state index is 14.5. The molecule has 3 heterocycles. The zero-order valence-electron chi connectivity index (χ0n) is 13.8. The van der Waals surface area contributed by atoms with Crippen molar-refractivity contribution in [2.75, 3.05) is 47.5 Å². The van der Waals surface area contributed by atoms with Crippen LogP contribution in [0.2, 0.25) is 0 Å². The van der Waals surface area contributed by atoms with Crippen molar-refractivity contribution < 1.29 is 28.4 Å². The average molecular weight is 383 g/mol. The lowest BCUT2D eigenvalue weighted by Gasteiger charge is -2.55. The molecule has 1 atom stereocenters. The number of benzene rings is 1. The number of amides is 2. The molecule has 3 saturated heterocycles. The molecule has 26 heavy (non-hydrogen) atoms. The summed E-state index contributed by atoms with van der Waals surface area (Å²) in [4.78, 5) is 25.7. The van der Waals surface area contributed by atoms with Crippen LogP contribution in [0.5, 0.6) is 0 Å². The highest BCUT2D eigenvalue weighted by Gasteiger charge is 2.57. The normalized spacial score (nSPS) is 24.2. The number of rotatable bonds is 4. The van der Waals surface area contributed by atoms with E-state index in [1.54, 1.807) is 12.1 Å². The van der Waals surface area contributed by atoms with E-state index < -0.39 is 35.3 Å². The Morgan fingerprint density at radius 1 is 1.46 bits per heavy atom. The second kappa shape index (κ2) is 6.20. The number of nitrogens with one attached hydrogen (secondary N) is 1. The van der Waals surface area contributed by atoms with E-state index in [-0.39, 0.29) is 18.5 Å². The Morgan fingerprint density at radius 3 is 2.81 bits per heavy atom. The molecule has 1 unspecified atom stereocenters. The van der Waals surface area contributed by atoms with Gasteiger partial charge in [0.15, 0.2) is 0 Å². The molecule has 0 aliphatic carbocycles. The molecule has 0 bridgehead atoms. The van der Waals surface area contributed by atoms with Crippen molar-refractivity contribution in [2.45, 2.75) is 6.10 Å². The van der Waals surface area contributed by atoms with E-state index in [9.17, 15) is 18.5 Å². The highest BCUT2D eigenvalue weighted by molar-refractivity contribution is 7.92. The van der Waals surface area contributed by atoms with E-state index in [4.69, 9.17) is 9.84 Å². The standard InChI is InChI=1S/C16H18FN3O5S/c17-12-3-10(20-5-11(25-15(20)23)4-18-14(21)22)1-2-13(12)19-6-16(7-19)8-26(24)9-16/h1-3,11,18H,4-9H2,(H,21,22). The van der Waals surface area contributed by atoms with Crippen LogP contribution in [0.4, 0.5) is 25.4 Å². The molecule has 0 radical (unpaired) electrons. The Hall–Kier alpha value is -2.20. The van der Waals surface area contributed by atoms with Gasteiger partial charge in [0, 0.05) is 13.1 Å². The molecule has 140 valence electrons. The van der Waals surface area contributed by atoms with Gasteiger partial charge in [-0.3, -0.25) is 4.90 Å². The first-order valence-corrected chi connectivity index (χ1v) is 9.68. The Morgan fingerprint density at radius 2 is 2.19 bits per heavy atom. The minimum atomic E-state index is -1.20. The van der Waals surface area contributed by atoms with Gasteiger partial charge < -0.3 is 24.6 Å². The van der Waals surface area contributed by atoms with Gasteiger partial charge in [0.05, 0.1) is 29.9 Å². The predicted octanol–water partition coefficient (Wildman–Crippen LogP) is 0.987. The van der Waals surface area contributed by atoms with Crippen LogP contribution in [0.3, 0.4) is 0 Å². The molecular formula is C16H18FN3O5S. The lowest BCUT2D eigenvalue weighted by atomic mass is 9.82. The maximum atomic E-state index is 14.5. The first-order valence-electron chi connectivity index (χ1n) is 8.20. The molecule has 3 fully saturated rings. The van der Waals surface area contributed by atoms with Crippen molar-refractivity contribution in [3.05, 3.63) is 24.0 Å². The Balaban J connectivity index is 1.40. The summed E-state index contributed by atoms with van der Waals surface area (Å²) in [6, 6.07) is 4.56. The molecule has 1 aromatic carbocycles. The molecule has 3 aliphatic rings. The molecule has 4 rings (SSSR count). The lowest BCUT2D eigenvalue weighted by Crippen LogP contribution is -2.68. The number of nitrogens with zero attached hydrogens (tertiary/aromatic N) is 2. The summed E-state index contributed by atoms with van der Waals surface area (Å²) in [5.74, 6) is 0.945. The Labute approximate surface area is 152 Å². The number of carbonyl (C=O) groups is 2. The average Bonchev–Trinajstić information content (AvgIpc) is 2.89. The smallest absolute Gasteiger partial charge is 0.414 e. The number of hydrogen-bond acceptors (Lipinski definition) is 5. The molecule has 8 nitrogen and oxygen atoms in total. The zero-order valence-corrected chi connectivity index (χ0v) is 14.6. The van der Waals surface area contributed by atoms with Crippen LogP contribution in [0.25, 0.3) is 0 Å². The largest absolute Gasteiger partial charge is 0.616 e. The van der Waals surface area contributed by atoms with Crippen LogP contribution >= 0.6 is 0 Å². The summed E-state index contributed by atoms with van der Waals surface area (Å²) < 4.78 is 30.9. The highest BCUT2D eigenvalue weighted by Crippen LogP contribution is 2.44. The molecule has 0 aromatic heterocycles. The van der Waals surface area contributed by atoms with Gasteiger partial charge in [-0.2, -0.15) is 0 Å². The second-order valence-electron chi connectivity index (χ2n) is 7.02. The van der Waals surface area contributed by atoms with Gasteiger partial charge in [-0.1, -0.05) is 11.2 Å². The van der Waals surface area contributed by atoms with E-state index in [2.05, 4.69) is 5.32 Å². The Kier molecular flexibility index (Phi) is 4.11. The fourth-order valence-electron chi connectivity index (χ4n) is 3.72. The monoisotopic (exact) mass is 383 g/mol. The number of carboxylic acid groups (broad SMARTS) is 1. The van der Waals surface area contributed by atoms with Gasteiger partial charge >= 0.3 is 12.2 Å². The van der Waals surface area contributed by atoms with Crippen molar-refractivity contribution in [3.63, 3.8) is 0 Å². The molecule has 1 aromatic rings. The summed E-state index contributed by atoms with van der Waals surface area (Å²) in [6.45, 7) is 1.53. The number of halogens is 1. The van der Waals surface area contributed by atoms with Gasteiger partial charge in [0.1, 0.15) is 23.4 Å². The van der Waals surface area contributed by atoms with Gasteiger partial charge in [-0.05, 0) is 18.2 Å². The van der Waals surface area contributed by atoms with Gasteiger partial charge in [-0.15, -0.1) is 0 Å². The van der Waals surface area contributed by atoms with Crippen molar-refractivity contribution >= 4 is 34.7 Å². The van der Waals surface area contributed by atoms with Gasteiger partial charge in [0.25, 0.3) is 0 Å². The number of carbonyl (C=O) groups excluding carboxylic acids is 1. The molecule has 3 aliphatic heterocycles. The topological polar surface area (TPSA) is 105 Å². The maximum Gasteiger partial charge on any atom is 0.414 e. The van der Waals surface area contributed by atoms with Crippen LogP contribution < -0.4 is 15.1 Å². The lowest BCUT2D eigenvalue weighted by molar-refractivity contribution is 0.136. The second-order valence-corrected chi connectivity index (χ2v) is 8.48. The van der Waals surface area contributed by atoms with Crippen LogP contribution in [0.15, 0.2) is 18.2 Å². The number of anilines is 2. The number of ether oxygens (including phenoxy) is 1. The van der Waals surface area contributed by atoms with Gasteiger partial charge in [-0.25, -0.2) is 14.0 Å². The van der Waals surface area contributed by atoms with Gasteiger partial charge in [0.2, 0.25) is 0 Å². The molecule has 10 heteroatoms. The first-order chi connectivity index (χ1) is 12.3. The minimum absolute atomic E-state index is 0.0185. The number of hydrogen-bond donors (Lipinski definition) is 2. The Bertz CT molecular complexity index is 749. The third-order valence-electron chi connectivity index (χ3n) is 4.93. The fourth-order valence-corrected chi connectivity index (χ4v) is 5.36. The van der Waals surface area contributed by atoms with Crippen LogP contribution in [-0.4, -0.2) is 65.6 Å². The summed E-state index contributed by atoms with van der Waals surface area (Å²) in [6.07, 6.45) is -2.44. The van der Waals surface area contributed by atoms with Crippen LogP contribution in [-0.2, 0) is 15.9 Å². The number of cyclic esters (lactones) is 1. The minimum Gasteiger partial charge on any atom is -0.616 e. The molecule has 2 N–H and O–H groups in total. The third-order valence-corrected chi connectivity index (χ3v) is 6.79. The van der Waals surface area contributed by atoms with E-state index in [0.717, 1.165) is 0 Å². The summed E-state index contributed by atoms with van der Waals surface area (Å²) >= 11 is -0.725. The third kappa shape index (κ3) is 3.03. The van der Waals surface area contributed by atoms with E-state index in [1.165, 1.54) is 11.0 Å². The summed E-state index contributed by atoms with van der Waals surface area (Å²) in [5, 5.41) is 10.8. The summed E-state index contributed by atoms with van der Waals surface area (Å²) in [5.41, 5.74) is 0.918. The molecule has 1 spiro atoms.